The largest absolute Gasteiger partial charge is 0.380 e. The van der Waals surface area contributed by atoms with Crippen molar-refractivity contribution in [2.24, 2.45) is 10.9 Å². The molecular formula is C9H8ClN3O. The minimum atomic E-state index is -0.134. The molecule has 0 radical (unpaired) electrons. The molecule has 1 aromatic carbocycles. The Morgan fingerprint density at radius 2 is 2.29 bits per heavy atom. The molecule has 5 heteroatoms. The van der Waals surface area contributed by atoms with Gasteiger partial charge in [0.2, 0.25) is 6.61 Å². The third kappa shape index (κ3) is 2.64. The summed E-state index contributed by atoms with van der Waals surface area (Å²) in [6.45, 7) is -0.134. The predicted molar refractivity (Wildman–Crippen MR) is 53.7 cm³/mol. The molecule has 0 heterocycles. The van der Waals surface area contributed by atoms with Crippen LogP contribution in [0.25, 0.3) is 0 Å². The average Bonchev–Trinajstić information content (AvgIpc) is 2.18. The molecule has 0 amide bonds. The van der Waals surface area contributed by atoms with Crippen molar-refractivity contribution in [1.82, 2.24) is 0 Å². The molecular weight excluding hydrogens is 202 g/mol. The fourth-order valence-electron chi connectivity index (χ4n) is 0.849. The minimum Gasteiger partial charge on any atom is -0.380 e. The van der Waals surface area contributed by atoms with Crippen molar-refractivity contribution in [2.45, 2.75) is 0 Å². The van der Waals surface area contributed by atoms with Crippen molar-refractivity contribution in [3.63, 3.8) is 0 Å². The van der Waals surface area contributed by atoms with Gasteiger partial charge in [-0.05, 0) is 12.1 Å². The van der Waals surface area contributed by atoms with Gasteiger partial charge in [-0.15, -0.1) is 0 Å². The van der Waals surface area contributed by atoms with Crippen LogP contribution in [0.3, 0.4) is 0 Å². The summed E-state index contributed by atoms with van der Waals surface area (Å²) in [6, 6.07) is 8.76. The van der Waals surface area contributed by atoms with Crippen LogP contribution in [0.1, 0.15) is 5.56 Å². The zero-order valence-electron chi connectivity index (χ0n) is 7.27. The van der Waals surface area contributed by atoms with Gasteiger partial charge in [-0.3, -0.25) is 0 Å². The van der Waals surface area contributed by atoms with E-state index in [1.807, 2.05) is 0 Å². The molecule has 4 nitrogen and oxygen atoms in total. The summed E-state index contributed by atoms with van der Waals surface area (Å²) in [7, 11) is 0. The van der Waals surface area contributed by atoms with E-state index < -0.39 is 0 Å². The number of hydrogen-bond donors (Lipinski definition) is 1. The van der Waals surface area contributed by atoms with Crippen LogP contribution >= 0.6 is 11.6 Å². The standard InChI is InChI=1S/C9H8ClN3O/c10-8-4-2-1-3-7(8)9(12)13-14-6-5-11/h1-4H,6H2,(H2,12,13). The summed E-state index contributed by atoms with van der Waals surface area (Å²) < 4.78 is 0. The van der Waals surface area contributed by atoms with Crippen molar-refractivity contribution >= 4 is 17.4 Å². The molecule has 0 saturated heterocycles. The molecule has 0 fully saturated rings. The highest BCUT2D eigenvalue weighted by atomic mass is 35.5. The number of amidine groups is 1. The van der Waals surface area contributed by atoms with E-state index in [2.05, 4.69) is 9.99 Å². The van der Waals surface area contributed by atoms with Crippen molar-refractivity contribution < 1.29 is 4.84 Å². The van der Waals surface area contributed by atoms with Crippen LogP contribution in [0.5, 0.6) is 0 Å². The Morgan fingerprint density at radius 1 is 1.57 bits per heavy atom. The molecule has 0 atom stereocenters. The monoisotopic (exact) mass is 209 g/mol. The maximum atomic E-state index is 8.19. The first-order chi connectivity index (χ1) is 6.75. The molecule has 0 aliphatic heterocycles. The summed E-state index contributed by atoms with van der Waals surface area (Å²) in [6.07, 6.45) is 0. The lowest BCUT2D eigenvalue weighted by molar-refractivity contribution is 0.178. The van der Waals surface area contributed by atoms with E-state index in [1.54, 1.807) is 30.3 Å². The van der Waals surface area contributed by atoms with Gasteiger partial charge in [0.25, 0.3) is 0 Å². The van der Waals surface area contributed by atoms with Gasteiger partial charge < -0.3 is 10.6 Å². The van der Waals surface area contributed by atoms with E-state index in [1.165, 1.54) is 0 Å². The van der Waals surface area contributed by atoms with Crippen LogP contribution in [-0.4, -0.2) is 12.4 Å². The second kappa shape index (κ2) is 5.10. The summed E-state index contributed by atoms with van der Waals surface area (Å²) in [5.41, 5.74) is 6.16. The van der Waals surface area contributed by atoms with Gasteiger partial charge in [0.05, 0.1) is 5.02 Å². The number of oxime groups is 1. The van der Waals surface area contributed by atoms with Gasteiger partial charge in [-0.1, -0.05) is 28.9 Å². The Kier molecular flexibility index (Phi) is 3.77. The van der Waals surface area contributed by atoms with E-state index in [0.29, 0.717) is 10.6 Å². The Labute approximate surface area is 86.5 Å². The summed E-state index contributed by atoms with van der Waals surface area (Å²) >= 11 is 5.85. The van der Waals surface area contributed by atoms with Gasteiger partial charge in [0, 0.05) is 5.56 Å². The first kappa shape index (κ1) is 10.4. The van der Waals surface area contributed by atoms with Crippen molar-refractivity contribution in [3.05, 3.63) is 34.9 Å². The first-order valence-corrected chi connectivity index (χ1v) is 4.20. The zero-order valence-corrected chi connectivity index (χ0v) is 8.03. The molecule has 2 N–H and O–H groups in total. The highest BCUT2D eigenvalue weighted by Crippen LogP contribution is 2.14. The number of halogens is 1. The molecule has 14 heavy (non-hydrogen) atoms. The highest BCUT2D eigenvalue weighted by Gasteiger charge is 2.03. The maximum absolute atomic E-state index is 8.19. The lowest BCUT2D eigenvalue weighted by Gasteiger charge is -2.01. The second-order valence-electron chi connectivity index (χ2n) is 2.39. The smallest absolute Gasteiger partial charge is 0.202 e. The Bertz CT molecular complexity index is 384. The highest BCUT2D eigenvalue weighted by molar-refractivity contribution is 6.34. The molecule has 1 rings (SSSR count). The molecule has 0 aliphatic carbocycles. The van der Waals surface area contributed by atoms with Crippen LogP contribution in [0.15, 0.2) is 29.4 Å². The van der Waals surface area contributed by atoms with E-state index in [-0.39, 0.29) is 12.4 Å². The summed E-state index contributed by atoms with van der Waals surface area (Å²) in [5, 5.41) is 12.2. The molecule has 1 aromatic rings. The normalized spacial score (nSPS) is 10.7. The fourth-order valence-corrected chi connectivity index (χ4v) is 1.08. The number of nitrogens with zero attached hydrogens (tertiary/aromatic N) is 2. The summed E-state index contributed by atoms with van der Waals surface area (Å²) in [5.74, 6) is 0.158. The Hall–Kier alpha value is -1.73. The molecule has 0 saturated carbocycles. The van der Waals surface area contributed by atoms with Crippen molar-refractivity contribution in [2.75, 3.05) is 6.61 Å². The lowest BCUT2D eigenvalue weighted by atomic mass is 10.2. The average molecular weight is 210 g/mol. The van der Waals surface area contributed by atoms with Gasteiger partial charge >= 0.3 is 0 Å². The Morgan fingerprint density at radius 3 is 2.93 bits per heavy atom. The van der Waals surface area contributed by atoms with Crippen LogP contribution in [0.4, 0.5) is 0 Å². The van der Waals surface area contributed by atoms with E-state index >= 15 is 0 Å². The van der Waals surface area contributed by atoms with Gasteiger partial charge in [0.1, 0.15) is 6.07 Å². The predicted octanol–water partition coefficient (Wildman–Crippen LogP) is 1.50. The molecule has 0 bridgehead atoms. The third-order valence-corrected chi connectivity index (χ3v) is 1.77. The number of hydrogen-bond acceptors (Lipinski definition) is 3. The van der Waals surface area contributed by atoms with E-state index in [9.17, 15) is 0 Å². The van der Waals surface area contributed by atoms with Crippen molar-refractivity contribution in [1.29, 1.82) is 5.26 Å². The third-order valence-electron chi connectivity index (χ3n) is 1.44. The summed E-state index contributed by atoms with van der Waals surface area (Å²) in [4.78, 5) is 4.60. The molecule has 0 unspecified atom stereocenters. The number of nitriles is 1. The first-order valence-electron chi connectivity index (χ1n) is 3.83. The van der Waals surface area contributed by atoms with Crippen LogP contribution in [0, 0.1) is 11.3 Å². The van der Waals surface area contributed by atoms with Gasteiger partial charge in [0.15, 0.2) is 5.84 Å². The number of nitrogens with two attached hydrogens (primary N) is 1. The zero-order chi connectivity index (χ0) is 10.4. The van der Waals surface area contributed by atoms with Crippen molar-refractivity contribution in [3.8, 4) is 6.07 Å². The fraction of sp³-hybridized carbons (Fsp3) is 0.111. The molecule has 72 valence electrons. The maximum Gasteiger partial charge on any atom is 0.202 e. The SMILES string of the molecule is N#CCO/N=C(\N)c1ccccc1Cl. The minimum absolute atomic E-state index is 0.134. The van der Waals surface area contributed by atoms with Crippen LogP contribution < -0.4 is 5.73 Å². The number of rotatable bonds is 3. The topological polar surface area (TPSA) is 71.4 Å². The second-order valence-corrected chi connectivity index (χ2v) is 2.80. The van der Waals surface area contributed by atoms with Crippen LogP contribution in [0.2, 0.25) is 5.02 Å². The molecule has 0 aromatic heterocycles. The van der Waals surface area contributed by atoms with Crippen LogP contribution in [-0.2, 0) is 4.84 Å². The number of benzene rings is 1. The molecule has 0 spiro atoms. The Balaban J connectivity index is 2.79. The van der Waals surface area contributed by atoms with Gasteiger partial charge in [-0.2, -0.15) is 5.26 Å². The van der Waals surface area contributed by atoms with E-state index in [0.717, 1.165) is 0 Å². The lowest BCUT2D eigenvalue weighted by Crippen LogP contribution is -2.14. The molecule has 0 aliphatic rings. The quantitative estimate of drug-likeness (QED) is 0.355. The van der Waals surface area contributed by atoms with Gasteiger partial charge in [-0.25, -0.2) is 0 Å². The van der Waals surface area contributed by atoms with E-state index in [4.69, 9.17) is 22.6 Å².